The van der Waals surface area contributed by atoms with Crippen LogP contribution in [0.2, 0.25) is 0 Å². The highest BCUT2D eigenvalue weighted by Gasteiger charge is 1.97. The lowest BCUT2D eigenvalue weighted by Gasteiger charge is -2.06. The number of nitrogens with one attached hydrogen (secondary N) is 1. The zero-order valence-corrected chi connectivity index (χ0v) is 9.50. The number of unbranched alkanes of at least 4 members (excludes halogenated alkanes) is 3. The molecule has 2 heteroatoms. The number of hydrogen-bond acceptors (Lipinski definition) is 2. The van der Waals surface area contributed by atoms with E-state index in [2.05, 4.69) is 12.2 Å². The van der Waals surface area contributed by atoms with E-state index >= 15 is 0 Å². The second-order valence-corrected chi connectivity index (χ2v) is 3.87. The Morgan fingerprint density at radius 2 is 1.93 bits per heavy atom. The Bertz CT molecular complexity index is 273. The Morgan fingerprint density at radius 3 is 2.67 bits per heavy atom. The molecule has 0 radical (unpaired) electrons. The molecule has 0 aliphatic carbocycles. The van der Waals surface area contributed by atoms with Gasteiger partial charge in [-0.25, -0.2) is 0 Å². The van der Waals surface area contributed by atoms with E-state index in [1.54, 1.807) is 6.07 Å². The molecule has 0 aromatic heterocycles. The minimum absolute atomic E-state index is 0.388. The van der Waals surface area contributed by atoms with Gasteiger partial charge in [0.05, 0.1) is 0 Å². The molecule has 2 nitrogen and oxygen atoms in total. The van der Waals surface area contributed by atoms with E-state index in [-0.39, 0.29) is 0 Å². The van der Waals surface area contributed by atoms with Gasteiger partial charge in [-0.3, -0.25) is 0 Å². The van der Waals surface area contributed by atoms with Crippen LogP contribution in [-0.4, -0.2) is 11.7 Å². The van der Waals surface area contributed by atoms with E-state index in [1.165, 1.54) is 25.7 Å². The van der Waals surface area contributed by atoms with Crippen LogP contribution in [0.4, 0.5) is 0 Å². The molecule has 1 rings (SSSR count). The quantitative estimate of drug-likeness (QED) is 0.673. The average Bonchev–Trinajstić information content (AvgIpc) is 2.25. The molecule has 0 aliphatic rings. The predicted molar refractivity (Wildman–Crippen MR) is 64.0 cm³/mol. The van der Waals surface area contributed by atoms with Crippen molar-refractivity contribution in [3.05, 3.63) is 29.8 Å². The van der Waals surface area contributed by atoms with E-state index in [4.69, 9.17) is 0 Å². The number of rotatable bonds is 7. The Hall–Kier alpha value is -1.02. The van der Waals surface area contributed by atoms with Crippen LogP contribution in [-0.2, 0) is 6.54 Å². The molecular weight excluding hydrogens is 186 g/mol. The predicted octanol–water partition coefficient (Wildman–Crippen LogP) is 3.06. The fraction of sp³-hybridized carbons (Fsp3) is 0.538. The Kier molecular flexibility index (Phi) is 5.86. The smallest absolute Gasteiger partial charge is 0.120 e. The molecule has 0 aliphatic heterocycles. The van der Waals surface area contributed by atoms with Crippen LogP contribution in [0, 0.1) is 0 Å². The number of phenolic OH excluding ortho intramolecular Hbond substituents is 1. The highest BCUT2D eigenvalue weighted by molar-refractivity contribution is 5.31. The first kappa shape index (κ1) is 12.1. The first-order chi connectivity index (χ1) is 7.34. The summed E-state index contributed by atoms with van der Waals surface area (Å²) in [5, 5.41) is 12.9. The molecule has 0 atom stereocenters. The Labute approximate surface area is 92.3 Å². The number of phenols is 1. The van der Waals surface area contributed by atoms with Crippen LogP contribution in [0.1, 0.15) is 38.2 Å². The largest absolute Gasteiger partial charge is 0.508 e. The van der Waals surface area contributed by atoms with Crippen molar-refractivity contribution in [1.29, 1.82) is 0 Å². The summed E-state index contributed by atoms with van der Waals surface area (Å²) in [4.78, 5) is 0. The molecule has 0 bridgehead atoms. The van der Waals surface area contributed by atoms with Crippen molar-refractivity contribution in [3.8, 4) is 5.75 Å². The van der Waals surface area contributed by atoms with Crippen LogP contribution in [0.15, 0.2) is 24.3 Å². The first-order valence-corrected chi connectivity index (χ1v) is 5.82. The fourth-order valence-corrected chi connectivity index (χ4v) is 1.56. The van der Waals surface area contributed by atoms with Crippen LogP contribution in [0.25, 0.3) is 0 Å². The van der Waals surface area contributed by atoms with Gasteiger partial charge >= 0.3 is 0 Å². The van der Waals surface area contributed by atoms with E-state index in [0.29, 0.717) is 5.75 Å². The second-order valence-electron chi connectivity index (χ2n) is 3.87. The summed E-state index contributed by atoms with van der Waals surface area (Å²) in [6.45, 7) is 4.02. The van der Waals surface area contributed by atoms with Gasteiger partial charge in [0.1, 0.15) is 5.75 Å². The van der Waals surface area contributed by atoms with Crippen molar-refractivity contribution >= 4 is 0 Å². The zero-order chi connectivity index (χ0) is 10.9. The molecule has 1 aromatic rings. The average molecular weight is 207 g/mol. The van der Waals surface area contributed by atoms with Gasteiger partial charge in [-0.2, -0.15) is 0 Å². The van der Waals surface area contributed by atoms with Crippen molar-refractivity contribution in [2.75, 3.05) is 6.54 Å². The van der Waals surface area contributed by atoms with Crippen LogP contribution in [0.3, 0.4) is 0 Å². The maximum Gasteiger partial charge on any atom is 0.120 e. The number of benzene rings is 1. The molecule has 2 N–H and O–H groups in total. The second kappa shape index (κ2) is 7.30. The zero-order valence-electron chi connectivity index (χ0n) is 9.50. The number of hydrogen-bond donors (Lipinski definition) is 2. The van der Waals surface area contributed by atoms with Crippen LogP contribution < -0.4 is 5.32 Å². The lowest BCUT2D eigenvalue weighted by molar-refractivity contribution is 0.463. The van der Waals surface area contributed by atoms with Crippen molar-refractivity contribution in [3.63, 3.8) is 0 Å². The van der Waals surface area contributed by atoms with Crippen molar-refractivity contribution in [2.45, 2.75) is 39.2 Å². The minimum Gasteiger partial charge on any atom is -0.508 e. The normalized spacial score (nSPS) is 10.5. The molecule has 0 fully saturated rings. The van der Waals surface area contributed by atoms with E-state index < -0.39 is 0 Å². The topological polar surface area (TPSA) is 32.3 Å². The van der Waals surface area contributed by atoms with Gasteiger partial charge < -0.3 is 10.4 Å². The van der Waals surface area contributed by atoms with Gasteiger partial charge in [-0.05, 0) is 19.0 Å². The van der Waals surface area contributed by atoms with Crippen molar-refractivity contribution < 1.29 is 5.11 Å². The molecule has 0 heterocycles. The van der Waals surface area contributed by atoms with Gasteiger partial charge in [0, 0.05) is 12.1 Å². The summed E-state index contributed by atoms with van der Waals surface area (Å²) in [7, 11) is 0. The Morgan fingerprint density at radius 1 is 1.13 bits per heavy atom. The van der Waals surface area contributed by atoms with E-state index in [9.17, 15) is 5.11 Å². The first-order valence-electron chi connectivity index (χ1n) is 5.82. The lowest BCUT2D eigenvalue weighted by atomic mass is 10.2. The van der Waals surface area contributed by atoms with Gasteiger partial charge in [0.25, 0.3) is 0 Å². The van der Waals surface area contributed by atoms with Crippen LogP contribution in [0.5, 0.6) is 5.75 Å². The van der Waals surface area contributed by atoms with Crippen molar-refractivity contribution in [1.82, 2.24) is 5.32 Å². The maximum atomic E-state index is 9.51. The molecule has 0 spiro atoms. The SMILES string of the molecule is CCCCCCNCc1ccccc1O. The van der Waals surface area contributed by atoms with E-state index in [0.717, 1.165) is 18.7 Å². The monoisotopic (exact) mass is 207 g/mol. The molecular formula is C13H21NO. The highest BCUT2D eigenvalue weighted by atomic mass is 16.3. The van der Waals surface area contributed by atoms with E-state index in [1.807, 2.05) is 18.2 Å². The maximum absolute atomic E-state index is 9.51. The summed E-state index contributed by atoms with van der Waals surface area (Å²) in [5.41, 5.74) is 0.980. The third-order valence-electron chi connectivity index (χ3n) is 2.51. The third kappa shape index (κ3) is 4.84. The molecule has 84 valence electrons. The summed E-state index contributed by atoms with van der Waals surface area (Å²) < 4.78 is 0. The van der Waals surface area contributed by atoms with Gasteiger partial charge in [0.15, 0.2) is 0 Å². The summed E-state index contributed by atoms with van der Waals surface area (Å²) in [6.07, 6.45) is 5.11. The third-order valence-corrected chi connectivity index (χ3v) is 2.51. The molecule has 0 amide bonds. The Balaban J connectivity index is 2.12. The van der Waals surface area contributed by atoms with Gasteiger partial charge in [0.2, 0.25) is 0 Å². The summed E-state index contributed by atoms with van der Waals surface area (Å²) in [6, 6.07) is 7.48. The molecule has 0 saturated carbocycles. The number of aromatic hydroxyl groups is 1. The van der Waals surface area contributed by atoms with Crippen molar-refractivity contribution in [2.24, 2.45) is 0 Å². The minimum atomic E-state index is 0.388. The molecule has 15 heavy (non-hydrogen) atoms. The van der Waals surface area contributed by atoms with Crippen LogP contribution >= 0.6 is 0 Å². The van der Waals surface area contributed by atoms with Gasteiger partial charge in [-0.1, -0.05) is 44.4 Å². The fourth-order valence-electron chi connectivity index (χ4n) is 1.56. The molecule has 0 saturated heterocycles. The summed E-state index contributed by atoms with van der Waals surface area (Å²) >= 11 is 0. The molecule has 1 aromatic carbocycles. The van der Waals surface area contributed by atoms with Gasteiger partial charge in [-0.15, -0.1) is 0 Å². The highest BCUT2D eigenvalue weighted by Crippen LogP contribution is 2.14. The molecule has 0 unspecified atom stereocenters. The standard InChI is InChI=1S/C13H21NO/c1-2-3-4-7-10-14-11-12-8-5-6-9-13(12)15/h5-6,8-9,14-15H,2-4,7,10-11H2,1H3. The number of para-hydroxylation sites is 1. The lowest BCUT2D eigenvalue weighted by Crippen LogP contribution is -2.14. The summed E-state index contributed by atoms with van der Waals surface area (Å²) in [5.74, 6) is 0.388.